The number of allylic oxidation sites excluding steroid dienone is 14. The third-order valence-corrected chi connectivity index (χ3v) is 9.62. The molecule has 0 spiro atoms. The highest BCUT2D eigenvalue weighted by Gasteiger charge is 2.25. The summed E-state index contributed by atoms with van der Waals surface area (Å²) < 4.78 is 17.2. The van der Waals surface area contributed by atoms with E-state index in [-0.39, 0.29) is 42.7 Å². The smallest absolute Gasteiger partial charge is 0.306 e. The number of hydrogen-bond donors (Lipinski definition) is 0. The molecule has 330 valence electrons. The van der Waals surface area contributed by atoms with Gasteiger partial charge in [0.2, 0.25) is 0 Å². The molecule has 0 bridgehead atoms. The van der Waals surface area contributed by atoms with Crippen LogP contribution < -0.4 is 5.11 Å². The van der Waals surface area contributed by atoms with E-state index in [2.05, 4.69) is 68.5 Å². The van der Waals surface area contributed by atoms with Crippen molar-refractivity contribution in [2.24, 2.45) is 0 Å². The fourth-order valence-corrected chi connectivity index (χ4v) is 6.15. The van der Waals surface area contributed by atoms with Gasteiger partial charge in [0, 0.05) is 19.3 Å². The molecule has 0 heterocycles. The summed E-state index contributed by atoms with van der Waals surface area (Å²) in [6.07, 6.45) is 51.7. The fraction of sp³-hybridized carbons (Fsp3) is 0.660. The van der Waals surface area contributed by atoms with Crippen molar-refractivity contribution in [3.05, 3.63) is 85.1 Å². The molecule has 0 aromatic rings. The molecule has 0 radical (unpaired) electrons. The highest BCUT2D eigenvalue weighted by Crippen LogP contribution is 2.14. The topological polar surface area (TPSA) is 102 Å². The summed E-state index contributed by atoms with van der Waals surface area (Å²) >= 11 is 0. The van der Waals surface area contributed by atoms with Gasteiger partial charge >= 0.3 is 11.9 Å². The van der Waals surface area contributed by atoms with E-state index in [9.17, 15) is 19.5 Å². The van der Waals surface area contributed by atoms with Crippen LogP contribution in [0.25, 0.3) is 0 Å². The molecule has 58 heavy (non-hydrogen) atoms. The number of hydrogen-bond acceptors (Lipinski definition) is 7. The lowest BCUT2D eigenvalue weighted by atomic mass is 10.1. The standard InChI is InChI=1S/C50H83NO7/c1-6-8-10-12-14-16-18-20-22-23-24-25-27-29-31-33-35-37-39-41-49(53)58-46(44-56-43-42-47(50(54)55)51(3,4)5)45-57-48(52)40-38-36-34-32-30-28-26-21-19-17-15-13-11-9-7-2/h8-11,13-17,19-22,26,46-47H,6-7,12,18,23-25,27-45H2,1-5H3/b10-8+,11-9+,15-13+,16-14+,19-17+,22-20+,26-21+. The van der Waals surface area contributed by atoms with Crippen molar-refractivity contribution in [2.45, 2.75) is 174 Å². The zero-order chi connectivity index (χ0) is 42.8. The highest BCUT2D eigenvalue weighted by molar-refractivity contribution is 5.70. The first-order chi connectivity index (χ1) is 28.1. The number of carbonyl (C=O) groups is 3. The summed E-state index contributed by atoms with van der Waals surface area (Å²) in [5, 5.41) is 11.6. The number of nitrogens with zero attached hydrogens (tertiary/aromatic N) is 1. The quantitative estimate of drug-likeness (QED) is 0.0200. The number of ether oxygens (including phenoxy) is 3. The average molecular weight is 810 g/mol. The lowest BCUT2D eigenvalue weighted by molar-refractivity contribution is -0.889. The minimum Gasteiger partial charge on any atom is -0.544 e. The number of carbonyl (C=O) groups excluding carboxylic acids is 3. The zero-order valence-electron chi connectivity index (χ0n) is 37.4. The first-order valence-electron chi connectivity index (χ1n) is 22.7. The third-order valence-electron chi connectivity index (χ3n) is 9.62. The number of quaternary nitrogens is 1. The number of carboxylic acids is 1. The molecule has 0 saturated carbocycles. The molecule has 2 atom stereocenters. The SMILES string of the molecule is CC/C=C/C=C/C=C/C=C/CCCCCCCC(=O)OCC(COCCC(C(=O)[O-])[N+](C)(C)C)OC(=O)CCCCCCCCCCC/C=C/C/C=C/C/C=C/CC. The Morgan fingerprint density at radius 1 is 0.534 bits per heavy atom. The monoisotopic (exact) mass is 810 g/mol. The first kappa shape index (κ1) is 54.5. The van der Waals surface area contributed by atoms with Gasteiger partial charge in [-0.2, -0.15) is 0 Å². The molecule has 0 aliphatic rings. The van der Waals surface area contributed by atoms with Crippen LogP contribution in [0.2, 0.25) is 0 Å². The van der Waals surface area contributed by atoms with Crippen LogP contribution in [0.1, 0.15) is 162 Å². The van der Waals surface area contributed by atoms with Crippen LogP contribution in [0, 0.1) is 0 Å². The van der Waals surface area contributed by atoms with Crippen LogP contribution in [0.15, 0.2) is 85.1 Å². The van der Waals surface area contributed by atoms with Crippen LogP contribution in [-0.4, -0.2) is 75.5 Å². The van der Waals surface area contributed by atoms with Gasteiger partial charge in [-0.05, 0) is 64.2 Å². The summed E-state index contributed by atoms with van der Waals surface area (Å²) in [6.45, 7) is 4.37. The second-order valence-electron chi connectivity index (χ2n) is 16.0. The Morgan fingerprint density at radius 3 is 1.55 bits per heavy atom. The minimum atomic E-state index is -1.13. The molecule has 0 aromatic heterocycles. The van der Waals surface area contributed by atoms with Crippen molar-refractivity contribution in [2.75, 3.05) is 41.0 Å². The van der Waals surface area contributed by atoms with E-state index in [1.165, 1.54) is 38.5 Å². The molecular formula is C50H83NO7. The molecular weight excluding hydrogens is 727 g/mol. The summed E-state index contributed by atoms with van der Waals surface area (Å²) in [6, 6.07) is -0.735. The van der Waals surface area contributed by atoms with Crippen LogP contribution in [0.5, 0.6) is 0 Å². The average Bonchev–Trinajstić information content (AvgIpc) is 3.18. The third kappa shape index (κ3) is 38.1. The number of esters is 2. The Kier molecular flexibility index (Phi) is 37.9. The van der Waals surface area contributed by atoms with Crippen LogP contribution in [-0.2, 0) is 28.6 Å². The Labute approximate surface area is 354 Å². The maximum Gasteiger partial charge on any atom is 0.306 e. The Bertz CT molecular complexity index is 1220. The molecule has 0 aromatic carbocycles. The number of unbranched alkanes of at least 4 members (excludes halogenated alkanes) is 14. The normalized spacial score (nSPS) is 13.7. The molecule has 0 aliphatic heterocycles. The largest absolute Gasteiger partial charge is 0.544 e. The molecule has 0 rings (SSSR count). The van der Waals surface area contributed by atoms with Gasteiger partial charge in [-0.1, -0.05) is 163 Å². The maximum atomic E-state index is 12.7. The number of rotatable bonds is 39. The van der Waals surface area contributed by atoms with E-state index in [0.717, 1.165) is 89.9 Å². The highest BCUT2D eigenvalue weighted by atomic mass is 16.6. The summed E-state index contributed by atoms with van der Waals surface area (Å²) in [4.78, 5) is 36.9. The second-order valence-corrected chi connectivity index (χ2v) is 16.0. The molecule has 0 N–H and O–H groups in total. The molecule has 0 aliphatic carbocycles. The lowest BCUT2D eigenvalue weighted by Crippen LogP contribution is -2.55. The molecule has 0 fully saturated rings. The van der Waals surface area contributed by atoms with E-state index in [1.807, 2.05) is 30.4 Å². The van der Waals surface area contributed by atoms with Gasteiger partial charge in [-0.3, -0.25) is 9.59 Å². The summed E-state index contributed by atoms with van der Waals surface area (Å²) in [5.74, 6) is -1.78. The van der Waals surface area contributed by atoms with Gasteiger partial charge < -0.3 is 28.6 Å². The van der Waals surface area contributed by atoms with E-state index >= 15 is 0 Å². The minimum absolute atomic E-state index is 0.0258. The summed E-state index contributed by atoms with van der Waals surface area (Å²) in [7, 11) is 5.39. The van der Waals surface area contributed by atoms with E-state index in [1.54, 1.807) is 21.1 Å². The van der Waals surface area contributed by atoms with Crippen molar-refractivity contribution in [3.63, 3.8) is 0 Å². The van der Waals surface area contributed by atoms with Crippen molar-refractivity contribution in [1.29, 1.82) is 0 Å². The number of likely N-dealkylation sites (N-methyl/N-ethyl adjacent to an activating group) is 1. The predicted octanol–water partition coefficient (Wildman–Crippen LogP) is 11.2. The molecule has 0 saturated heterocycles. The molecule has 2 unspecified atom stereocenters. The van der Waals surface area contributed by atoms with Crippen molar-refractivity contribution >= 4 is 17.9 Å². The molecule has 8 heteroatoms. The van der Waals surface area contributed by atoms with E-state index < -0.39 is 18.1 Å². The first-order valence-corrected chi connectivity index (χ1v) is 22.7. The molecule has 8 nitrogen and oxygen atoms in total. The van der Waals surface area contributed by atoms with Gasteiger partial charge in [0.1, 0.15) is 12.6 Å². The predicted molar refractivity (Wildman–Crippen MR) is 240 cm³/mol. The van der Waals surface area contributed by atoms with E-state index in [0.29, 0.717) is 12.8 Å². The molecule has 0 amide bonds. The van der Waals surface area contributed by atoms with Gasteiger partial charge in [-0.15, -0.1) is 0 Å². The number of aliphatic carboxylic acids is 1. The van der Waals surface area contributed by atoms with E-state index in [4.69, 9.17) is 14.2 Å². The van der Waals surface area contributed by atoms with Crippen LogP contribution in [0.4, 0.5) is 0 Å². The van der Waals surface area contributed by atoms with Gasteiger partial charge in [0.05, 0.1) is 40.3 Å². The maximum absolute atomic E-state index is 12.7. The van der Waals surface area contributed by atoms with Crippen molar-refractivity contribution < 1.29 is 38.2 Å². The van der Waals surface area contributed by atoms with Crippen molar-refractivity contribution in [1.82, 2.24) is 0 Å². The van der Waals surface area contributed by atoms with Crippen molar-refractivity contribution in [3.8, 4) is 0 Å². The Morgan fingerprint density at radius 2 is 1.00 bits per heavy atom. The fourth-order valence-electron chi connectivity index (χ4n) is 6.15. The van der Waals surface area contributed by atoms with Crippen LogP contribution in [0.3, 0.4) is 0 Å². The lowest BCUT2D eigenvalue weighted by Gasteiger charge is -2.34. The summed E-state index contributed by atoms with van der Waals surface area (Å²) in [5.41, 5.74) is 0. The second kappa shape index (κ2) is 40.3. The van der Waals surface area contributed by atoms with Gasteiger partial charge in [0.15, 0.2) is 6.10 Å². The zero-order valence-corrected chi connectivity index (χ0v) is 37.4. The number of carboxylic acid groups (broad SMARTS) is 1. The van der Waals surface area contributed by atoms with Gasteiger partial charge in [0.25, 0.3) is 0 Å². The Hall–Kier alpha value is -3.49. The van der Waals surface area contributed by atoms with Crippen LogP contribution >= 0.6 is 0 Å². The Balaban J connectivity index is 4.37. The van der Waals surface area contributed by atoms with Gasteiger partial charge in [-0.25, -0.2) is 0 Å².